The Kier molecular flexibility index (Phi) is 5.28. The molecule has 2 N–H and O–H groups in total. The van der Waals surface area contributed by atoms with Crippen LogP contribution in [0, 0.1) is 5.92 Å². The lowest BCUT2D eigenvalue weighted by molar-refractivity contribution is 0.352. The molecule has 2 atom stereocenters. The Morgan fingerprint density at radius 3 is 2.24 bits per heavy atom. The number of halogens is 1. The van der Waals surface area contributed by atoms with E-state index in [1.165, 1.54) is 0 Å². The van der Waals surface area contributed by atoms with Crippen molar-refractivity contribution >= 4 is 15.9 Å². The van der Waals surface area contributed by atoms with Crippen molar-refractivity contribution in [1.82, 2.24) is 0 Å². The van der Waals surface area contributed by atoms with E-state index in [4.69, 9.17) is 15.2 Å². The summed E-state index contributed by atoms with van der Waals surface area (Å²) in [5.41, 5.74) is 7.29. The van der Waals surface area contributed by atoms with Crippen molar-refractivity contribution < 1.29 is 9.47 Å². The van der Waals surface area contributed by atoms with Crippen molar-refractivity contribution in [1.29, 1.82) is 0 Å². The number of nitrogens with two attached hydrogens (primary N) is 1. The van der Waals surface area contributed by atoms with Gasteiger partial charge in [0.05, 0.1) is 14.2 Å². The van der Waals surface area contributed by atoms with E-state index in [1.807, 2.05) is 12.1 Å². The molecule has 0 amide bonds. The summed E-state index contributed by atoms with van der Waals surface area (Å²) in [5.74, 6) is 1.84. The van der Waals surface area contributed by atoms with Crippen LogP contribution in [0.15, 0.2) is 16.6 Å². The third-order valence-corrected chi connectivity index (χ3v) is 3.81. The van der Waals surface area contributed by atoms with Crippen LogP contribution in [-0.2, 0) is 0 Å². The molecule has 0 aliphatic carbocycles. The normalized spacial score (nSPS) is 14.2. The van der Waals surface area contributed by atoms with Gasteiger partial charge in [0.15, 0.2) is 11.5 Å². The van der Waals surface area contributed by atoms with Gasteiger partial charge in [-0.15, -0.1) is 0 Å². The molecule has 0 fully saturated rings. The molecule has 3 nitrogen and oxygen atoms in total. The third kappa shape index (κ3) is 3.13. The Hall–Kier alpha value is -0.740. The van der Waals surface area contributed by atoms with Crippen molar-refractivity contribution in [2.45, 2.75) is 26.3 Å². The van der Waals surface area contributed by atoms with Gasteiger partial charge >= 0.3 is 0 Å². The van der Waals surface area contributed by atoms with E-state index in [0.29, 0.717) is 17.4 Å². The first-order valence-electron chi connectivity index (χ1n) is 5.72. The maximum atomic E-state index is 6.24. The SMILES string of the molecule is CCC(C)[C@@H](N)c1cc(OC)c(OC)cc1Br. The Bertz CT molecular complexity index is 382. The minimum Gasteiger partial charge on any atom is -0.493 e. The van der Waals surface area contributed by atoms with Gasteiger partial charge in [-0.2, -0.15) is 0 Å². The van der Waals surface area contributed by atoms with E-state index >= 15 is 0 Å². The largest absolute Gasteiger partial charge is 0.493 e. The molecular formula is C13H20BrNO2. The third-order valence-electron chi connectivity index (χ3n) is 3.12. The van der Waals surface area contributed by atoms with Crippen LogP contribution in [0.25, 0.3) is 0 Å². The maximum Gasteiger partial charge on any atom is 0.161 e. The van der Waals surface area contributed by atoms with Crippen LogP contribution in [0.2, 0.25) is 0 Å². The van der Waals surface area contributed by atoms with Gasteiger partial charge in [0.25, 0.3) is 0 Å². The summed E-state index contributed by atoms with van der Waals surface area (Å²) >= 11 is 3.53. The quantitative estimate of drug-likeness (QED) is 0.905. The Balaban J connectivity index is 3.16. The average Bonchev–Trinajstić information content (AvgIpc) is 2.36. The van der Waals surface area contributed by atoms with E-state index in [-0.39, 0.29) is 6.04 Å². The Labute approximate surface area is 111 Å². The van der Waals surface area contributed by atoms with E-state index < -0.39 is 0 Å². The monoisotopic (exact) mass is 301 g/mol. The molecule has 0 radical (unpaired) electrons. The fourth-order valence-corrected chi connectivity index (χ4v) is 2.27. The highest BCUT2D eigenvalue weighted by Crippen LogP contribution is 2.37. The van der Waals surface area contributed by atoms with Crippen LogP contribution >= 0.6 is 15.9 Å². The molecule has 0 bridgehead atoms. The van der Waals surface area contributed by atoms with Gasteiger partial charge in [0.1, 0.15) is 0 Å². The Morgan fingerprint density at radius 2 is 1.76 bits per heavy atom. The highest BCUT2D eigenvalue weighted by molar-refractivity contribution is 9.10. The molecule has 4 heteroatoms. The molecule has 1 unspecified atom stereocenters. The maximum absolute atomic E-state index is 6.24. The molecular weight excluding hydrogens is 282 g/mol. The standard InChI is InChI=1S/C13H20BrNO2/c1-5-8(2)13(15)9-6-11(16-3)12(17-4)7-10(9)14/h6-8,13H,5,15H2,1-4H3/t8?,13-/m1/s1. The zero-order valence-electron chi connectivity index (χ0n) is 10.8. The van der Waals surface area contributed by atoms with Crippen molar-refractivity contribution in [3.05, 3.63) is 22.2 Å². The van der Waals surface area contributed by atoms with Gasteiger partial charge in [-0.1, -0.05) is 36.2 Å². The van der Waals surface area contributed by atoms with E-state index in [2.05, 4.69) is 29.8 Å². The Morgan fingerprint density at radius 1 is 1.24 bits per heavy atom. The van der Waals surface area contributed by atoms with Crippen LogP contribution in [0.4, 0.5) is 0 Å². The number of rotatable bonds is 5. The topological polar surface area (TPSA) is 44.5 Å². The molecule has 0 aliphatic heterocycles. The van der Waals surface area contributed by atoms with Gasteiger partial charge in [0, 0.05) is 10.5 Å². The summed E-state index contributed by atoms with van der Waals surface area (Å²) < 4.78 is 11.5. The average molecular weight is 302 g/mol. The lowest BCUT2D eigenvalue weighted by Gasteiger charge is -2.21. The van der Waals surface area contributed by atoms with Crippen LogP contribution in [-0.4, -0.2) is 14.2 Å². The summed E-state index contributed by atoms with van der Waals surface area (Å²) in [7, 11) is 3.25. The lowest BCUT2D eigenvalue weighted by Crippen LogP contribution is -2.19. The molecule has 0 heterocycles. The number of methoxy groups -OCH3 is 2. The number of hydrogen-bond acceptors (Lipinski definition) is 3. The molecule has 96 valence electrons. The zero-order valence-corrected chi connectivity index (χ0v) is 12.4. The van der Waals surface area contributed by atoms with Crippen molar-refractivity contribution in [2.75, 3.05) is 14.2 Å². The molecule has 0 saturated carbocycles. The van der Waals surface area contributed by atoms with Gasteiger partial charge in [-0.05, 0) is 23.6 Å². The molecule has 1 rings (SSSR count). The van der Waals surface area contributed by atoms with Crippen LogP contribution in [0.3, 0.4) is 0 Å². The molecule has 0 aliphatic rings. The first kappa shape index (κ1) is 14.3. The van der Waals surface area contributed by atoms with Crippen LogP contribution in [0.1, 0.15) is 31.9 Å². The van der Waals surface area contributed by atoms with Crippen LogP contribution < -0.4 is 15.2 Å². The van der Waals surface area contributed by atoms with Crippen molar-refractivity contribution in [3.8, 4) is 11.5 Å². The summed E-state index contributed by atoms with van der Waals surface area (Å²) in [6, 6.07) is 3.84. The van der Waals surface area contributed by atoms with Gasteiger partial charge < -0.3 is 15.2 Å². The fourth-order valence-electron chi connectivity index (χ4n) is 1.69. The van der Waals surface area contributed by atoms with E-state index in [9.17, 15) is 0 Å². The van der Waals surface area contributed by atoms with Crippen molar-refractivity contribution in [3.63, 3.8) is 0 Å². The predicted octanol–water partition coefficient (Wildman–Crippen LogP) is 3.51. The van der Waals surface area contributed by atoms with Gasteiger partial charge in [-0.3, -0.25) is 0 Å². The second-order valence-corrected chi connectivity index (χ2v) is 4.99. The van der Waals surface area contributed by atoms with E-state index in [1.54, 1.807) is 14.2 Å². The molecule has 17 heavy (non-hydrogen) atoms. The number of benzene rings is 1. The number of hydrogen-bond donors (Lipinski definition) is 1. The second-order valence-electron chi connectivity index (χ2n) is 4.14. The summed E-state index contributed by atoms with van der Waals surface area (Å²) in [6.07, 6.45) is 1.04. The summed E-state index contributed by atoms with van der Waals surface area (Å²) in [6.45, 7) is 4.28. The second kappa shape index (κ2) is 6.26. The smallest absolute Gasteiger partial charge is 0.161 e. The summed E-state index contributed by atoms with van der Waals surface area (Å²) in [4.78, 5) is 0. The minimum atomic E-state index is -0.00539. The molecule has 1 aromatic rings. The highest BCUT2D eigenvalue weighted by atomic mass is 79.9. The van der Waals surface area contributed by atoms with Gasteiger partial charge in [-0.25, -0.2) is 0 Å². The van der Waals surface area contributed by atoms with Crippen molar-refractivity contribution in [2.24, 2.45) is 11.7 Å². The minimum absolute atomic E-state index is 0.00539. The first-order valence-corrected chi connectivity index (χ1v) is 6.51. The molecule has 1 aromatic carbocycles. The molecule has 0 spiro atoms. The summed E-state index contributed by atoms with van der Waals surface area (Å²) in [5, 5.41) is 0. The lowest BCUT2D eigenvalue weighted by atomic mass is 9.93. The fraction of sp³-hybridized carbons (Fsp3) is 0.538. The predicted molar refractivity (Wildman–Crippen MR) is 73.6 cm³/mol. The number of ether oxygens (including phenoxy) is 2. The molecule has 0 saturated heterocycles. The molecule has 0 aromatic heterocycles. The zero-order chi connectivity index (χ0) is 13.0. The highest BCUT2D eigenvalue weighted by Gasteiger charge is 2.18. The van der Waals surface area contributed by atoms with Gasteiger partial charge in [0.2, 0.25) is 0 Å². The first-order chi connectivity index (χ1) is 8.04. The van der Waals surface area contributed by atoms with E-state index in [0.717, 1.165) is 16.5 Å². The van der Waals surface area contributed by atoms with Crippen LogP contribution in [0.5, 0.6) is 11.5 Å².